The Morgan fingerprint density at radius 1 is 1.33 bits per heavy atom. The van der Waals surface area contributed by atoms with Crippen molar-refractivity contribution < 1.29 is 9.47 Å². The molecular weight excluding hydrogens is 446 g/mol. The van der Waals surface area contributed by atoms with Gasteiger partial charge >= 0.3 is 0 Å². The second-order valence-electron chi connectivity index (χ2n) is 7.69. The first-order valence-electron chi connectivity index (χ1n) is 10.2. The summed E-state index contributed by atoms with van der Waals surface area (Å²) < 4.78 is 14.3. The third-order valence-corrected chi connectivity index (χ3v) is 6.22. The van der Waals surface area contributed by atoms with Gasteiger partial charge < -0.3 is 19.8 Å². The molecule has 0 radical (unpaired) electrons. The predicted molar refractivity (Wildman–Crippen MR) is 117 cm³/mol. The maximum atomic E-state index is 13.8. The first-order chi connectivity index (χ1) is 14.5. The molecule has 30 heavy (non-hydrogen) atoms. The van der Waals surface area contributed by atoms with Crippen molar-refractivity contribution >= 4 is 15.9 Å². The second-order valence-corrected chi connectivity index (χ2v) is 8.61. The Morgan fingerprint density at radius 3 is 2.73 bits per heavy atom. The minimum atomic E-state index is -0.564. The van der Waals surface area contributed by atoms with Gasteiger partial charge in [0.2, 0.25) is 5.88 Å². The van der Waals surface area contributed by atoms with E-state index in [0.717, 1.165) is 48.0 Å². The Labute approximate surface area is 184 Å². The number of nitrogens with two attached hydrogens (primary N) is 1. The Bertz CT molecular complexity index is 1080. The highest BCUT2D eigenvalue weighted by molar-refractivity contribution is 9.10. The Morgan fingerprint density at radius 2 is 2.10 bits per heavy atom. The van der Waals surface area contributed by atoms with Crippen molar-refractivity contribution in [1.82, 2.24) is 4.57 Å². The monoisotopic (exact) mass is 469 g/mol. The highest BCUT2D eigenvalue weighted by Gasteiger charge is 2.35. The van der Waals surface area contributed by atoms with Gasteiger partial charge in [0.15, 0.2) is 0 Å². The first kappa shape index (κ1) is 20.7. The molecule has 2 aliphatic rings. The van der Waals surface area contributed by atoms with Crippen LogP contribution in [0.1, 0.15) is 48.9 Å². The number of halogens is 1. The molecule has 4 rings (SSSR count). The van der Waals surface area contributed by atoms with Crippen LogP contribution in [0.15, 0.2) is 51.1 Å². The van der Waals surface area contributed by atoms with Crippen molar-refractivity contribution in [2.45, 2.75) is 51.2 Å². The lowest BCUT2D eigenvalue weighted by Gasteiger charge is -2.28. The number of hydrogen-bond donors (Lipinski definition) is 1. The van der Waals surface area contributed by atoms with Gasteiger partial charge in [-0.3, -0.25) is 4.79 Å². The minimum Gasteiger partial charge on any atom is -0.440 e. The van der Waals surface area contributed by atoms with Crippen LogP contribution in [0.4, 0.5) is 0 Å². The molecule has 1 saturated heterocycles. The lowest BCUT2D eigenvalue weighted by molar-refractivity contribution is 0.0952. The summed E-state index contributed by atoms with van der Waals surface area (Å²) in [5.74, 6) is -0.0705. The lowest BCUT2D eigenvalue weighted by atomic mass is 9.84. The molecule has 1 aromatic carbocycles. The molecule has 1 fully saturated rings. The zero-order valence-electron chi connectivity index (χ0n) is 16.9. The van der Waals surface area contributed by atoms with Crippen LogP contribution in [0, 0.1) is 11.3 Å². The summed E-state index contributed by atoms with van der Waals surface area (Å²) in [6, 6.07) is 11.7. The van der Waals surface area contributed by atoms with Crippen LogP contribution in [0.25, 0.3) is 0 Å². The van der Waals surface area contributed by atoms with E-state index < -0.39 is 5.92 Å². The summed E-state index contributed by atoms with van der Waals surface area (Å²) in [6.07, 6.45) is 3.63. The van der Waals surface area contributed by atoms with Crippen LogP contribution >= 0.6 is 15.9 Å². The number of fused-ring (bicyclic) bond motifs is 1. The van der Waals surface area contributed by atoms with E-state index in [2.05, 4.69) is 28.9 Å². The molecule has 6 nitrogen and oxygen atoms in total. The lowest BCUT2D eigenvalue weighted by Crippen LogP contribution is -2.35. The van der Waals surface area contributed by atoms with E-state index in [9.17, 15) is 10.1 Å². The van der Waals surface area contributed by atoms with E-state index in [0.29, 0.717) is 17.9 Å². The second kappa shape index (κ2) is 8.66. The van der Waals surface area contributed by atoms with Crippen LogP contribution in [0.5, 0.6) is 5.75 Å². The molecule has 0 aliphatic carbocycles. The molecule has 2 aliphatic heterocycles. The molecule has 0 bridgehead atoms. The van der Waals surface area contributed by atoms with Gasteiger partial charge in [-0.15, -0.1) is 0 Å². The van der Waals surface area contributed by atoms with E-state index in [-0.39, 0.29) is 23.1 Å². The summed E-state index contributed by atoms with van der Waals surface area (Å²) in [7, 11) is 0. The summed E-state index contributed by atoms with van der Waals surface area (Å²) in [6.45, 7) is 3.32. The molecule has 2 aromatic rings. The molecule has 1 aromatic heterocycles. The summed E-state index contributed by atoms with van der Waals surface area (Å²) in [5.41, 5.74) is 8.41. The van der Waals surface area contributed by atoms with Gasteiger partial charge in [0.1, 0.15) is 17.4 Å². The maximum Gasteiger partial charge on any atom is 0.258 e. The van der Waals surface area contributed by atoms with Crippen molar-refractivity contribution in [2.75, 3.05) is 6.61 Å². The molecule has 7 heteroatoms. The summed E-state index contributed by atoms with van der Waals surface area (Å²) in [4.78, 5) is 13.8. The van der Waals surface area contributed by atoms with Crippen LogP contribution < -0.4 is 16.0 Å². The molecule has 0 spiro atoms. The van der Waals surface area contributed by atoms with Crippen molar-refractivity contribution in [1.29, 1.82) is 5.26 Å². The number of nitrogens with zero attached hydrogens (tertiary/aromatic N) is 2. The molecule has 2 atom stereocenters. The number of benzene rings is 1. The predicted octanol–water partition coefficient (Wildman–Crippen LogP) is 3.96. The van der Waals surface area contributed by atoms with Gasteiger partial charge in [-0.05, 0) is 37.0 Å². The quantitative estimate of drug-likeness (QED) is 0.715. The zero-order chi connectivity index (χ0) is 21.3. The normalized spacial score (nSPS) is 20.6. The van der Waals surface area contributed by atoms with Gasteiger partial charge in [-0.1, -0.05) is 41.4 Å². The maximum absolute atomic E-state index is 13.8. The standard InChI is InChI=1S/C23H24BrN3O3/c1-2-4-16-11-19-21(23(28)27(16)13-17-5-3-10-29-17)20(18(12-25)22(26)30-19)14-6-8-15(24)9-7-14/h6-9,11,17,20H,2-5,10,13,26H2,1H3. The number of pyridine rings is 1. The van der Waals surface area contributed by atoms with Crippen LogP contribution in [-0.4, -0.2) is 17.3 Å². The number of aryl methyl sites for hydroxylation is 1. The van der Waals surface area contributed by atoms with Crippen molar-refractivity contribution in [3.8, 4) is 11.8 Å². The van der Waals surface area contributed by atoms with E-state index >= 15 is 0 Å². The summed E-state index contributed by atoms with van der Waals surface area (Å²) in [5, 5.41) is 9.80. The SMILES string of the molecule is CCCc1cc2c(c(=O)n1CC1CCCO1)C(c1ccc(Br)cc1)C(C#N)=C(N)O2. The van der Waals surface area contributed by atoms with Gasteiger partial charge in [-0.25, -0.2) is 0 Å². The Balaban J connectivity index is 1.91. The third-order valence-electron chi connectivity index (χ3n) is 5.69. The minimum absolute atomic E-state index is 0.0306. The van der Waals surface area contributed by atoms with E-state index in [4.69, 9.17) is 15.2 Å². The van der Waals surface area contributed by atoms with E-state index in [1.165, 1.54) is 0 Å². The smallest absolute Gasteiger partial charge is 0.258 e. The van der Waals surface area contributed by atoms with Crippen LogP contribution in [0.3, 0.4) is 0 Å². The number of rotatable bonds is 5. The summed E-state index contributed by atoms with van der Waals surface area (Å²) >= 11 is 3.44. The molecule has 2 unspecified atom stereocenters. The van der Waals surface area contributed by atoms with Gasteiger partial charge in [0.05, 0.1) is 24.1 Å². The molecule has 0 saturated carbocycles. The fraction of sp³-hybridized carbons (Fsp3) is 0.391. The van der Waals surface area contributed by atoms with Crippen LogP contribution in [0.2, 0.25) is 0 Å². The topological polar surface area (TPSA) is 90.3 Å². The highest BCUT2D eigenvalue weighted by Crippen LogP contribution is 2.41. The van der Waals surface area contributed by atoms with Gasteiger partial charge in [0, 0.05) is 22.8 Å². The number of nitriles is 1. The molecule has 0 amide bonds. The van der Waals surface area contributed by atoms with Gasteiger partial charge in [0.25, 0.3) is 5.56 Å². The third kappa shape index (κ3) is 3.78. The largest absolute Gasteiger partial charge is 0.440 e. The number of aromatic nitrogens is 1. The Kier molecular flexibility index (Phi) is 5.98. The number of allylic oxidation sites excluding steroid dienone is 1. The average molecular weight is 470 g/mol. The molecular formula is C23H24BrN3O3. The highest BCUT2D eigenvalue weighted by atomic mass is 79.9. The van der Waals surface area contributed by atoms with Gasteiger partial charge in [-0.2, -0.15) is 5.26 Å². The zero-order valence-corrected chi connectivity index (χ0v) is 18.4. The van der Waals surface area contributed by atoms with Crippen molar-refractivity contribution in [3.63, 3.8) is 0 Å². The van der Waals surface area contributed by atoms with E-state index in [1.54, 1.807) is 0 Å². The molecule has 156 valence electrons. The van der Waals surface area contributed by atoms with Crippen molar-refractivity contribution in [3.05, 3.63) is 73.4 Å². The molecule has 3 heterocycles. The number of ether oxygens (including phenoxy) is 2. The van der Waals surface area contributed by atoms with Crippen LogP contribution in [-0.2, 0) is 17.7 Å². The average Bonchev–Trinajstić information content (AvgIpc) is 3.24. The van der Waals surface area contributed by atoms with Crippen molar-refractivity contribution in [2.24, 2.45) is 5.73 Å². The molecule has 2 N–H and O–H groups in total. The Hall–Kier alpha value is -2.56. The first-order valence-corrected chi connectivity index (χ1v) is 11.0. The fourth-order valence-electron chi connectivity index (χ4n) is 4.26. The number of hydrogen-bond acceptors (Lipinski definition) is 5. The van der Waals surface area contributed by atoms with E-state index in [1.807, 2.05) is 34.9 Å². The fourth-order valence-corrected chi connectivity index (χ4v) is 4.53.